The normalized spacial score (nSPS) is 10.3. The van der Waals surface area contributed by atoms with E-state index in [0.717, 1.165) is 24.3 Å². The van der Waals surface area contributed by atoms with Crippen LogP contribution in [0.4, 0.5) is 10.1 Å². The lowest BCUT2D eigenvalue weighted by atomic mass is 10.1. The van der Waals surface area contributed by atoms with Gasteiger partial charge in [0, 0.05) is 30.9 Å². The molecule has 0 unspecified atom stereocenters. The number of nitrogens with one attached hydrogen (secondary N) is 1. The van der Waals surface area contributed by atoms with Crippen molar-refractivity contribution in [3.05, 3.63) is 59.4 Å². The van der Waals surface area contributed by atoms with Gasteiger partial charge >= 0.3 is 0 Å². The first-order valence-corrected chi connectivity index (χ1v) is 8.04. The number of amides is 1. The molecule has 0 saturated heterocycles. The molecule has 0 spiro atoms. The lowest BCUT2D eigenvalue weighted by Gasteiger charge is -2.21. The second-order valence-electron chi connectivity index (χ2n) is 5.37. The Labute approximate surface area is 142 Å². The van der Waals surface area contributed by atoms with E-state index in [0.29, 0.717) is 6.54 Å². The van der Waals surface area contributed by atoms with E-state index in [-0.39, 0.29) is 17.2 Å². The second-order valence-corrected chi connectivity index (χ2v) is 5.37. The van der Waals surface area contributed by atoms with Gasteiger partial charge in [0.15, 0.2) is 11.6 Å². The molecule has 1 amide bonds. The Balaban J connectivity index is 1.97. The largest absolute Gasteiger partial charge is 0.494 e. The van der Waals surface area contributed by atoms with Crippen LogP contribution in [0.1, 0.15) is 29.8 Å². The number of benzene rings is 2. The Morgan fingerprint density at radius 1 is 1.12 bits per heavy atom. The van der Waals surface area contributed by atoms with E-state index >= 15 is 0 Å². The summed E-state index contributed by atoms with van der Waals surface area (Å²) in [6, 6.07) is 12.2. The Hall–Kier alpha value is -2.56. The van der Waals surface area contributed by atoms with Gasteiger partial charge < -0.3 is 15.0 Å². The van der Waals surface area contributed by atoms with Crippen LogP contribution in [0.3, 0.4) is 0 Å². The van der Waals surface area contributed by atoms with Gasteiger partial charge in [-0.15, -0.1) is 0 Å². The lowest BCUT2D eigenvalue weighted by Crippen LogP contribution is -2.23. The summed E-state index contributed by atoms with van der Waals surface area (Å²) < 4.78 is 18.5. The van der Waals surface area contributed by atoms with E-state index in [9.17, 15) is 9.18 Å². The fourth-order valence-electron chi connectivity index (χ4n) is 2.51. The predicted molar refractivity (Wildman–Crippen MR) is 94.1 cm³/mol. The highest BCUT2D eigenvalue weighted by molar-refractivity contribution is 5.94. The monoisotopic (exact) mass is 330 g/mol. The summed E-state index contributed by atoms with van der Waals surface area (Å²) in [5, 5.41) is 2.80. The van der Waals surface area contributed by atoms with Crippen LogP contribution in [0.25, 0.3) is 0 Å². The van der Waals surface area contributed by atoms with Crippen molar-refractivity contribution < 1.29 is 13.9 Å². The van der Waals surface area contributed by atoms with Gasteiger partial charge in [0.2, 0.25) is 0 Å². The molecule has 2 aromatic carbocycles. The highest BCUT2D eigenvalue weighted by Gasteiger charge is 2.10. The second kappa shape index (κ2) is 8.34. The highest BCUT2D eigenvalue weighted by Crippen LogP contribution is 2.18. The standard InChI is InChI=1S/C19H23FN2O2/c1-4-22(5-2)16-9-6-14(7-10-16)13-21-19(23)15-8-11-18(24-3)17(20)12-15/h6-12H,4-5,13H2,1-3H3,(H,21,23). The van der Waals surface area contributed by atoms with Crippen LogP contribution >= 0.6 is 0 Å². The number of anilines is 1. The minimum atomic E-state index is -0.547. The average molecular weight is 330 g/mol. The van der Waals surface area contributed by atoms with Gasteiger partial charge in [-0.3, -0.25) is 4.79 Å². The lowest BCUT2D eigenvalue weighted by molar-refractivity contribution is 0.0950. The first-order chi connectivity index (χ1) is 11.6. The Bertz CT molecular complexity index is 682. The zero-order valence-electron chi connectivity index (χ0n) is 14.3. The number of hydrogen-bond acceptors (Lipinski definition) is 3. The van der Waals surface area contributed by atoms with Crippen molar-refractivity contribution in [2.24, 2.45) is 0 Å². The molecule has 5 heteroatoms. The van der Waals surface area contributed by atoms with Crippen molar-refractivity contribution in [1.29, 1.82) is 0 Å². The van der Waals surface area contributed by atoms with Gasteiger partial charge in [-0.1, -0.05) is 12.1 Å². The van der Waals surface area contributed by atoms with Crippen molar-refractivity contribution in [2.45, 2.75) is 20.4 Å². The fourth-order valence-corrected chi connectivity index (χ4v) is 2.51. The van der Waals surface area contributed by atoms with E-state index in [4.69, 9.17) is 4.74 Å². The molecule has 0 saturated carbocycles. The molecule has 0 aliphatic carbocycles. The summed E-state index contributed by atoms with van der Waals surface area (Å²) in [6.45, 7) is 6.54. The molecule has 0 aliphatic heterocycles. The quantitative estimate of drug-likeness (QED) is 0.843. The van der Waals surface area contributed by atoms with Crippen LogP contribution in [-0.2, 0) is 6.54 Å². The number of carbonyl (C=O) groups excluding carboxylic acids is 1. The van der Waals surface area contributed by atoms with Gasteiger partial charge in [0.1, 0.15) is 0 Å². The maximum Gasteiger partial charge on any atom is 0.251 e. The van der Waals surface area contributed by atoms with Gasteiger partial charge in [-0.05, 0) is 49.7 Å². The summed E-state index contributed by atoms with van der Waals surface area (Å²) in [4.78, 5) is 14.4. The van der Waals surface area contributed by atoms with Crippen LogP contribution < -0.4 is 15.0 Å². The van der Waals surface area contributed by atoms with Gasteiger partial charge in [-0.25, -0.2) is 4.39 Å². The third-order valence-corrected chi connectivity index (χ3v) is 3.93. The molecule has 24 heavy (non-hydrogen) atoms. The maximum absolute atomic E-state index is 13.7. The molecule has 0 fully saturated rings. The molecular weight excluding hydrogens is 307 g/mol. The smallest absolute Gasteiger partial charge is 0.251 e. The number of halogens is 1. The summed E-state index contributed by atoms with van der Waals surface area (Å²) in [7, 11) is 1.39. The van der Waals surface area contributed by atoms with E-state index in [1.165, 1.54) is 19.2 Å². The third kappa shape index (κ3) is 4.25. The average Bonchev–Trinajstić information content (AvgIpc) is 2.61. The molecule has 0 aromatic heterocycles. The van der Waals surface area contributed by atoms with Crippen molar-refractivity contribution in [3.8, 4) is 5.75 Å². The fraction of sp³-hybridized carbons (Fsp3) is 0.316. The van der Waals surface area contributed by atoms with E-state index in [1.807, 2.05) is 24.3 Å². The summed E-state index contributed by atoms with van der Waals surface area (Å²) in [5.41, 5.74) is 2.42. The first-order valence-electron chi connectivity index (χ1n) is 8.04. The zero-order valence-corrected chi connectivity index (χ0v) is 14.3. The molecule has 0 aliphatic rings. The zero-order chi connectivity index (χ0) is 17.5. The first kappa shape index (κ1) is 17.8. The molecule has 1 N–H and O–H groups in total. The Morgan fingerprint density at radius 2 is 1.79 bits per heavy atom. The maximum atomic E-state index is 13.7. The van der Waals surface area contributed by atoms with E-state index in [2.05, 4.69) is 24.1 Å². The summed E-state index contributed by atoms with van der Waals surface area (Å²) in [5.74, 6) is -0.739. The molecule has 0 bridgehead atoms. The van der Waals surface area contributed by atoms with Crippen LogP contribution in [0.2, 0.25) is 0 Å². The molecule has 2 rings (SSSR count). The number of ether oxygens (including phenoxy) is 1. The molecular formula is C19H23FN2O2. The van der Waals surface area contributed by atoms with Crippen LogP contribution in [0.15, 0.2) is 42.5 Å². The third-order valence-electron chi connectivity index (χ3n) is 3.93. The predicted octanol–water partition coefficient (Wildman–Crippen LogP) is 3.61. The number of carbonyl (C=O) groups is 1. The molecule has 0 radical (unpaired) electrons. The SMILES string of the molecule is CCN(CC)c1ccc(CNC(=O)c2ccc(OC)c(F)c2)cc1. The van der Waals surface area contributed by atoms with Gasteiger partial charge in [0.05, 0.1) is 7.11 Å². The van der Waals surface area contributed by atoms with Crippen LogP contribution in [0.5, 0.6) is 5.75 Å². The molecule has 128 valence electrons. The van der Waals surface area contributed by atoms with Crippen molar-refractivity contribution in [1.82, 2.24) is 5.32 Å². The van der Waals surface area contributed by atoms with Crippen molar-refractivity contribution in [3.63, 3.8) is 0 Å². The minimum Gasteiger partial charge on any atom is -0.494 e. The van der Waals surface area contributed by atoms with Gasteiger partial charge in [-0.2, -0.15) is 0 Å². The Kier molecular flexibility index (Phi) is 6.18. The highest BCUT2D eigenvalue weighted by atomic mass is 19.1. The van der Waals surface area contributed by atoms with Crippen molar-refractivity contribution >= 4 is 11.6 Å². The minimum absolute atomic E-state index is 0.124. The van der Waals surface area contributed by atoms with Crippen LogP contribution in [-0.4, -0.2) is 26.1 Å². The number of nitrogens with zero attached hydrogens (tertiary/aromatic N) is 1. The summed E-state index contributed by atoms with van der Waals surface area (Å²) >= 11 is 0. The molecule has 0 atom stereocenters. The van der Waals surface area contributed by atoms with Gasteiger partial charge in [0.25, 0.3) is 5.91 Å². The van der Waals surface area contributed by atoms with Crippen LogP contribution in [0, 0.1) is 5.82 Å². The summed E-state index contributed by atoms with van der Waals surface area (Å²) in [6.07, 6.45) is 0. The molecule has 4 nitrogen and oxygen atoms in total. The van der Waals surface area contributed by atoms with E-state index < -0.39 is 5.82 Å². The number of rotatable bonds is 7. The molecule has 2 aromatic rings. The van der Waals surface area contributed by atoms with E-state index in [1.54, 1.807) is 6.07 Å². The van der Waals surface area contributed by atoms with Crippen molar-refractivity contribution in [2.75, 3.05) is 25.1 Å². The molecule has 0 heterocycles. The topological polar surface area (TPSA) is 41.6 Å². The number of methoxy groups -OCH3 is 1. The number of hydrogen-bond donors (Lipinski definition) is 1. The Morgan fingerprint density at radius 3 is 2.33 bits per heavy atom.